The van der Waals surface area contributed by atoms with E-state index in [-0.39, 0.29) is 11.3 Å². The van der Waals surface area contributed by atoms with Crippen LogP contribution in [0, 0.1) is 13.8 Å². The zero-order chi connectivity index (χ0) is 20.2. The van der Waals surface area contributed by atoms with Crippen molar-refractivity contribution in [2.75, 3.05) is 14.2 Å². The van der Waals surface area contributed by atoms with Gasteiger partial charge in [-0.3, -0.25) is 4.79 Å². The zero-order valence-corrected chi connectivity index (χ0v) is 18.0. The fraction of sp³-hybridized carbons (Fsp3) is 0.316. The summed E-state index contributed by atoms with van der Waals surface area (Å²) in [5.74, 6) is 0.110. The molecule has 0 aliphatic carbocycles. The molecule has 0 aliphatic heterocycles. The Hall–Kier alpha value is -1.90. The summed E-state index contributed by atoms with van der Waals surface area (Å²) in [5.41, 5.74) is 1.92. The summed E-state index contributed by atoms with van der Waals surface area (Å²) >= 11 is 3.35. The van der Waals surface area contributed by atoms with E-state index in [1.54, 1.807) is 50.2 Å². The molecule has 1 atom stereocenters. The molecule has 8 heteroatoms. The molecular formula is C19H22BrNO5S. The van der Waals surface area contributed by atoms with Crippen LogP contribution in [0.2, 0.25) is 0 Å². The average molecular weight is 456 g/mol. The van der Waals surface area contributed by atoms with Gasteiger partial charge in [0.05, 0.1) is 31.6 Å². The second kappa shape index (κ2) is 8.86. The monoisotopic (exact) mass is 455 g/mol. The minimum atomic E-state index is -3.87. The molecule has 6 nitrogen and oxygen atoms in total. The van der Waals surface area contributed by atoms with Crippen molar-refractivity contribution < 1.29 is 22.7 Å². The highest BCUT2D eigenvalue weighted by atomic mass is 79.9. The van der Waals surface area contributed by atoms with Crippen molar-refractivity contribution in [3.05, 3.63) is 57.6 Å². The van der Waals surface area contributed by atoms with Crippen molar-refractivity contribution in [3.63, 3.8) is 0 Å². The van der Waals surface area contributed by atoms with E-state index in [1.165, 1.54) is 14.2 Å². The number of methoxy groups -OCH3 is 2. The minimum absolute atomic E-state index is 0.119. The van der Waals surface area contributed by atoms with Crippen LogP contribution in [-0.2, 0) is 19.6 Å². The lowest BCUT2D eigenvalue weighted by Crippen LogP contribution is -2.31. The normalized spacial score (nSPS) is 12.5. The van der Waals surface area contributed by atoms with Gasteiger partial charge in [-0.1, -0.05) is 28.1 Å². The highest BCUT2D eigenvalue weighted by Crippen LogP contribution is 2.28. The first-order chi connectivity index (χ1) is 12.7. The predicted molar refractivity (Wildman–Crippen MR) is 106 cm³/mol. The standard InChI is InChI=1S/C19H22BrNO5S/c1-12-10-18(13(2)9-17(12)25-3)27(23,24)21-16(11-19(22)26-4)14-5-7-15(20)8-6-14/h5-10,16,21H,11H2,1-4H3. The van der Waals surface area contributed by atoms with Crippen molar-refractivity contribution in [1.82, 2.24) is 4.72 Å². The van der Waals surface area contributed by atoms with E-state index in [1.807, 2.05) is 0 Å². The number of halogens is 1. The van der Waals surface area contributed by atoms with Crippen LogP contribution in [0.1, 0.15) is 29.2 Å². The number of sulfonamides is 1. The van der Waals surface area contributed by atoms with Crippen LogP contribution >= 0.6 is 15.9 Å². The minimum Gasteiger partial charge on any atom is -0.496 e. The van der Waals surface area contributed by atoms with Gasteiger partial charge in [-0.05, 0) is 54.8 Å². The van der Waals surface area contributed by atoms with Crippen molar-refractivity contribution in [3.8, 4) is 5.75 Å². The predicted octanol–water partition coefficient (Wildman–Crippen LogP) is 3.66. The molecule has 1 N–H and O–H groups in total. The van der Waals surface area contributed by atoms with Gasteiger partial charge in [-0.15, -0.1) is 0 Å². The topological polar surface area (TPSA) is 81.7 Å². The van der Waals surface area contributed by atoms with Gasteiger partial charge in [-0.2, -0.15) is 0 Å². The number of ether oxygens (including phenoxy) is 2. The quantitative estimate of drug-likeness (QED) is 0.644. The summed E-state index contributed by atoms with van der Waals surface area (Å²) in [5, 5.41) is 0. The zero-order valence-electron chi connectivity index (χ0n) is 15.6. The lowest BCUT2D eigenvalue weighted by atomic mass is 10.1. The third-order valence-corrected chi connectivity index (χ3v) is 6.29. The molecule has 27 heavy (non-hydrogen) atoms. The van der Waals surface area contributed by atoms with Gasteiger partial charge in [0.15, 0.2) is 0 Å². The van der Waals surface area contributed by atoms with E-state index in [0.717, 1.165) is 4.47 Å². The molecule has 0 heterocycles. The molecule has 0 amide bonds. The van der Waals surface area contributed by atoms with Crippen molar-refractivity contribution >= 4 is 31.9 Å². The SMILES string of the molecule is COC(=O)CC(NS(=O)(=O)c1cc(C)c(OC)cc1C)c1ccc(Br)cc1. The number of esters is 1. The molecule has 0 bridgehead atoms. The summed E-state index contributed by atoms with van der Waals surface area (Å²) in [6, 6.07) is 9.58. The molecule has 2 aromatic carbocycles. The number of hydrogen-bond acceptors (Lipinski definition) is 5. The fourth-order valence-electron chi connectivity index (χ4n) is 2.70. The van der Waals surface area contributed by atoms with E-state index in [0.29, 0.717) is 22.4 Å². The molecule has 1 unspecified atom stereocenters. The van der Waals surface area contributed by atoms with E-state index < -0.39 is 22.0 Å². The lowest BCUT2D eigenvalue weighted by molar-refractivity contribution is -0.141. The number of nitrogens with one attached hydrogen (secondary N) is 1. The highest BCUT2D eigenvalue weighted by Gasteiger charge is 2.26. The maximum Gasteiger partial charge on any atom is 0.307 e. The summed E-state index contributed by atoms with van der Waals surface area (Å²) in [6.45, 7) is 3.48. The first-order valence-electron chi connectivity index (χ1n) is 8.17. The molecule has 0 aliphatic rings. The summed E-state index contributed by atoms with van der Waals surface area (Å²) in [4.78, 5) is 12.0. The number of benzene rings is 2. The van der Waals surface area contributed by atoms with Crippen molar-refractivity contribution in [1.29, 1.82) is 0 Å². The maximum absolute atomic E-state index is 13.0. The molecule has 0 saturated carbocycles. The highest BCUT2D eigenvalue weighted by molar-refractivity contribution is 9.10. The average Bonchev–Trinajstić information content (AvgIpc) is 2.62. The molecule has 2 aromatic rings. The van der Waals surface area contributed by atoms with Crippen LogP contribution in [0.25, 0.3) is 0 Å². The lowest BCUT2D eigenvalue weighted by Gasteiger charge is -2.20. The third kappa shape index (κ3) is 5.31. The Labute approximate surface area is 168 Å². The van der Waals surface area contributed by atoms with Gasteiger partial charge in [0.1, 0.15) is 5.75 Å². The Morgan fingerprint density at radius 2 is 1.74 bits per heavy atom. The molecule has 2 rings (SSSR count). The van der Waals surface area contributed by atoms with Gasteiger partial charge in [0.25, 0.3) is 0 Å². The first kappa shape index (κ1) is 21.4. The number of carbonyl (C=O) groups excluding carboxylic acids is 1. The fourth-order valence-corrected chi connectivity index (χ4v) is 4.50. The van der Waals surface area contributed by atoms with Gasteiger partial charge >= 0.3 is 5.97 Å². The van der Waals surface area contributed by atoms with Crippen LogP contribution in [0.3, 0.4) is 0 Å². The summed E-state index contributed by atoms with van der Waals surface area (Å²) in [6.07, 6.45) is -0.119. The van der Waals surface area contributed by atoms with Gasteiger partial charge in [0, 0.05) is 4.47 Å². The first-order valence-corrected chi connectivity index (χ1v) is 10.5. The van der Waals surface area contributed by atoms with E-state index in [9.17, 15) is 13.2 Å². The summed E-state index contributed by atoms with van der Waals surface area (Å²) < 4.78 is 39.5. The smallest absolute Gasteiger partial charge is 0.307 e. The van der Waals surface area contributed by atoms with Crippen LogP contribution in [0.5, 0.6) is 5.75 Å². The van der Waals surface area contributed by atoms with E-state index in [4.69, 9.17) is 9.47 Å². The molecular weight excluding hydrogens is 434 g/mol. The molecule has 146 valence electrons. The molecule has 0 aromatic heterocycles. The number of hydrogen-bond donors (Lipinski definition) is 1. The van der Waals surface area contributed by atoms with Gasteiger partial charge in [-0.25, -0.2) is 13.1 Å². The maximum atomic E-state index is 13.0. The Bertz CT molecular complexity index is 926. The largest absolute Gasteiger partial charge is 0.496 e. The van der Waals surface area contributed by atoms with Crippen LogP contribution < -0.4 is 9.46 Å². The van der Waals surface area contributed by atoms with Crippen molar-refractivity contribution in [2.24, 2.45) is 0 Å². The Balaban J connectivity index is 2.42. The van der Waals surface area contributed by atoms with Crippen LogP contribution in [-0.4, -0.2) is 28.6 Å². The molecule has 0 radical (unpaired) electrons. The number of rotatable bonds is 7. The van der Waals surface area contributed by atoms with Gasteiger partial charge in [0.2, 0.25) is 10.0 Å². The van der Waals surface area contributed by atoms with Crippen LogP contribution in [0.15, 0.2) is 45.8 Å². The summed E-state index contributed by atoms with van der Waals surface area (Å²) in [7, 11) is -1.07. The van der Waals surface area contributed by atoms with Crippen LogP contribution in [0.4, 0.5) is 0 Å². The van der Waals surface area contributed by atoms with Crippen molar-refractivity contribution in [2.45, 2.75) is 31.2 Å². The van der Waals surface area contributed by atoms with E-state index >= 15 is 0 Å². The Kier molecular flexibility index (Phi) is 7.02. The molecule has 0 fully saturated rings. The number of carbonyl (C=O) groups is 1. The van der Waals surface area contributed by atoms with E-state index in [2.05, 4.69) is 20.7 Å². The molecule has 0 saturated heterocycles. The Morgan fingerprint density at radius 1 is 1.11 bits per heavy atom. The Morgan fingerprint density at radius 3 is 2.30 bits per heavy atom. The molecule has 0 spiro atoms. The number of aryl methyl sites for hydroxylation is 2. The second-order valence-electron chi connectivity index (χ2n) is 6.09. The second-order valence-corrected chi connectivity index (χ2v) is 8.69. The van der Waals surface area contributed by atoms with Gasteiger partial charge < -0.3 is 9.47 Å². The third-order valence-electron chi connectivity index (χ3n) is 4.15.